The van der Waals surface area contributed by atoms with Crippen LogP contribution >= 0.6 is 0 Å². The lowest BCUT2D eigenvalue weighted by atomic mass is 10.1. The lowest BCUT2D eigenvalue weighted by Crippen LogP contribution is -2.38. The number of aryl methyl sites for hydroxylation is 3. The van der Waals surface area contributed by atoms with Gasteiger partial charge in [-0.25, -0.2) is 9.36 Å². The molecule has 1 unspecified atom stereocenters. The maximum absolute atomic E-state index is 13.5. The summed E-state index contributed by atoms with van der Waals surface area (Å²) in [6.45, 7) is 7.89. The summed E-state index contributed by atoms with van der Waals surface area (Å²) in [5.41, 5.74) is 4.22. The molecule has 4 rings (SSSR count). The Bertz CT molecular complexity index is 1470. The third-order valence-corrected chi connectivity index (χ3v) is 6.32. The first-order valence-electron chi connectivity index (χ1n) is 11.8. The third-order valence-electron chi connectivity index (χ3n) is 6.32. The number of aromatic nitrogens is 4. The minimum absolute atomic E-state index is 0.271. The molecule has 2 aromatic heterocycles. The highest BCUT2D eigenvalue weighted by molar-refractivity contribution is 5.84. The Balaban J connectivity index is 1.65. The highest BCUT2D eigenvalue weighted by Gasteiger charge is 2.25. The van der Waals surface area contributed by atoms with Crippen molar-refractivity contribution in [2.75, 3.05) is 14.2 Å². The monoisotopic (exact) mass is 489 g/mol. The second kappa shape index (κ2) is 10.2. The number of rotatable bonds is 8. The highest BCUT2D eigenvalue weighted by Crippen LogP contribution is 2.27. The molecule has 0 aliphatic heterocycles. The number of hydrogen-bond acceptors (Lipinski definition) is 6. The molecule has 0 bridgehead atoms. The third kappa shape index (κ3) is 4.56. The van der Waals surface area contributed by atoms with Crippen molar-refractivity contribution >= 4 is 16.8 Å². The number of ether oxygens (including phenoxy) is 2. The molecular formula is C27H31N5O4. The van der Waals surface area contributed by atoms with E-state index in [1.165, 1.54) is 4.68 Å². The van der Waals surface area contributed by atoms with Gasteiger partial charge in [0.05, 0.1) is 36.7 Å². The molecule has 0 aliphatic rings. The van der Waals surface area contributed by atoms with Crippen molar-refractivity contribution in [1.82, 2.24) is 24.9 Å². The van der Waals surface area contributed by atoms with E-state index in [1.807, 2.05) is 58.0 Å². The normalized spacial score (nSPS) is 11.9. The molecule has 1 amide bonds. The van der Waals surface area contributed by atoms with Gasteiger partial charge in [0.15, 0.2) is 17.0 Å². The summed E-state index contributed by atoms with van der Waals surface area (Å²) in [5.74, 6) is 0.893. The molecule has 9 heteroatoms. The van der Waals surface area contributed by atoms with Crippen molar-refractivity contribution in [3.63, 3.8) is 0 Å². The first-order valence-corrected chi connectivity index (χ1v) is 11.8. The number of amides is 1. The quantitative estimate of drug-likeness (QED) is 0.404. The second-order valence-electron chi connectivity index (χ2n) is 8.72. The molecule has 1 N–H and O–H groups in total. The minimum Gasteiger partial charge on any atom is -0.493 e. The van der Waals surface area contributed by atoms with Crippen LogP contribution in [-0.4, -0.2) is 39.7 Å². The van der Waals surface area contributed by atoms with Crippen molar-refractivity contribution in [2.45, 2.75) is 46.7 Å². The first-order chi connectivity index (χ1) is 17.3. The van der Waals surface area contributed by atoms with Crippen LogP contribution in [0.1, 0.15) is 41.9 Å². The van der Waals surface area contributed by atoms with E-state index >= 15 is 0 Å². The average molecular weight is 490 g/mol. The van der Waals surface area contributed by atoms with Crippen LogP contribution in [0, 0.1) is 20.8 Å². The van der Waals surface area contributed by atoms with Crippen LogP contribution in [0.4, 0.5) is 0 Å². The van der Waals surface area contributed by atoms with Crippen LogP contribution in [0.3, 0.4) is 0 Å². The fourth-order valence-electron chi connectivity index (χ4n) is 4.37. The molecule has 0 fully saturated rings. The number of methoxy groups -OCH3 is 2. The van der Waals surface area contributed by atoms with Gasteiger partial charge in [-0.15, -0.1) is 0 Å². The summed E-state index contributed by atoms with van der Waals surface area (Å²) in [6, 6.07) is 12.6. The smallest absolute Gasteiger partial charge is 0.295 e. The molecular weight excluding hydrogens is 458 g/mol. The van der Waals surface area contributed by atoms with E-state index in [0.717, 1.165) is 22.5 Å². The number of nitrogens with zero attached hydrogens (tertiary/aromatic N) is 4. The summed E-state index contributed by atoms with van der Waals surface area (Å²) < 4.78 is 13.6. The average Bonchev–Trinajstić information content (AvgIpc) is 3.24. The zero-order valence-electron chi connectivity index (χ0n) is 21.5. The molecule has 188 valence electrons. The zero-order valence-corrected chi connectivity index (χ0v) is 21.5. The van der Waals surface area contributed by atoms with E-state index in [1.54, 1.807) is 31.0 Å². The standard InChI is InChI=1S/C27H31N5O4/c1-7-21(26(33)28-15-19-10-13-22(35-5)23(14-19)36-6)32-27(34)25-24(17(3)29-32)18(4)31(30-25)20-11-8-16(2)9-12-20/h8-14,21H,7,15H2,1-6H3,(H,28,33). The van der Waals surface area contributed by atoms with Crippen LogP contribution in [0.15, 0.2) is 47.3 Å². The van der Waals surface area contributed by atoms with Gasteiger partial charge in [-0.3, -0.25) is 9.59 Å². The molecule has 2 aromatic carbocycles. The fraction of sp³-hybridized carbons (Fsp3) is 0.333. The van der Waals surface area contributed by atoms with Crippen molar-refractivity contribution in [3.05, 3.63) is 75.3 Å². The van der Waals surface area contributed by atoms with E-state index in [2.05, 4.69) is 15.5 Å². The van der Waals surface area contributed by atoms with Gasteiger partial charge < -0.3 is 14.8 Å². The molecule has 0 spiro atoms. The number of hydrogen-bond donors (Lipinski definition) is 1. The van der Waals surface area contributed by atoms with Gasteiger partial charge in [-0.05, 0) is 57.0 Å². The Morgan fingerprint density at radius 2 is 1.69 bits per heavy atom. The Kier molecular flexibility index (Phi) is 7.10. The SMILES string of the molecule is CCC(C(=O)NCc1ccc(OC)c(OC)c1)n1nc(C)c2c(C)n(-c3ccc(C)cc3)nc2c1=O. The van der Waals surface area contributed by atoms with Crippen LogP contribution < -0.4 is 20.3 Å². The van der Waals surface area contributed by atoms with Gasteiger partial charge in [0, 0.05) is 6.54 Å². The number of carbonyl (C=O) groups is 1. The lowest BCUT2D eigenvalue weighted by Gasteiger charge is -2.18. The number of nitrogens with one attached hydrogen (secondary N) is 1. The molecule has 4 aromatic rings. The Morgan fingerprint density at radius 3 is 2.33 bits per heavy atom. The van der Waals surface area contributed by atoms with Gasteiger partial charge in [-0.1, -0.05) is 30.7 Å². The predicted octanol–water partition coefficient (Wildman–Crippen LogP) is 3.79. The largest absolute Gasteiger partial charge is 0.493 e. The molecule has 9 nitrogen and oxygen atoms in total. The van der Waals surface area contributed by atoms with Crippen LogP contribution in [0.5, 0.6) is 11.5 Å². The molecule has 0 saturated heterocycles. The summed E-state index contributed by atoms with van der Waals surface area (Å²) in [4.78, 5) is 26.6. The van der Waals surface area contributed by atoms with Crippen molar-refractivity contribution in [3.8, 4) is 17.2 Å². The summed E-state index contributed by atoms with van der Waals surface area (Å²) in [7, 11) is 3.13. The Hall–Kier alpha value is -4.14. The predicted molar refractivity (Wildman–Crippen MR) is 138 cm³/mol. The molecule has 0 aliphatic carbocycles. The van der Waals surface area contributed by atoms with Crippen LogP contribution in [0.25, 0.3) is 16.6 Å². The maximum Gasteiger partial charge on any atom is 0.295 e. The first kappa shape index (κ1) is 25.0. The van der Waals surface area contributed by atoms with Crippen LogP contribution in [0.2, 0.25) is 0 Å². The van der Waals surface area contributed by atoms with Gasteiger partial charge in [-0.2, -0.15) is 10.2 Å². The van der Waals surface area contributed by atoms with E-state index in [9.17, 15) is 9.59 Å². The van der Waals surface area contributed by atoms with Crippen molar-refractivity contribution in [2.24, 2.45) is 0 Å². The lowest BCUT2D eigenvalue weighted by molar-refractivity contribution is -0.125. The molecule has 1 atom stereocenters. The maximum atomic E-state index is 13.5. The minimum atomic E-state index is -0.773. The molecule has 36 heavy (non-hydrogen) atoms. The summed E-state index contributed by atoms with van der Waals surface area (Å²) in [5, 5.41) is 12.8. The molecule has 2 heterocycles. The van der Waals surface area contributed by atoms with E-state index in [4.69, 9.17) is 9.47 Å². The number of benzene rings is 2. The number of fused-ring (bicyclic) bond motifs is 1. The fourth-order valence-corrected chi connectivity index (χ4v) is 4.37. The highest BCUT2D eigenvalue weighted by atomic mass is 16.5. The Labute approximate surface area is 209 Å². The van der Waals surface area contributed by atoms with Gasteiger partial charge in [0.2, 0.25) is 5.91 Å². The van der Waals surface area contributed by atoms with Crippen molar-refractivity contribution in [1.29, 1.82) is 0 Å². The zero-order chi connectivity index (χ0) is 26.0. The summed E-state index contributed by atoms with van der Waals surface area (Å²) in [6.07, 6.45) is 0.396. The van der Waals surface area contributed by atoms with Crippen molar-refractivity contribution < 1.29 is 14.3 Å². The number of carbonyl (C=O) groups excluding carboxylic acids is 1. The molecule has 0 radical (unpaired) electrons. The van der Waals surface area contributed by atoms with Gasteiger partial charge >= 0.3 is 0 Å². The van der Waals surface area contributed by atoms with Crippen LogP contribution in [-0.2, 0) is 11.3 Å². The van der Waals surface area contributed by atoms with E-state index in [0.29, 0.717) is 34.5 Å². The van der Waals surface area contributed by atoms with Gasteiger partial charge in [0.25, 0.3) is 5.56 Å². The van der Waals surface area contributed by atoms with E-state index < -0.39 is 11.6 Å². The van der Waals surface area contributed by atoms with Gasteiger partial charge in [0.1, 0.15) is 6.04 Å². The topological polar surface area (TPSA) is 100 Å². The Morgan fingerprint density at radius 1 is 1.00 bits per heavy atom. The summed E-state index contributed by atoms with van der Waals surface area (Å²) >= 11 is 0. The molecule has 0 saturated carbocycles. The van der Waals surface area contributed by atoms with E-state index in [-0.39, 0.29) is 12.5 Å². The second-order valence-corrected chi connectivity index (χ2v) is 8.72.